The van der Waals surface area contributed by atoms with E-state index >= 15 is 0 Å². The Balaban J connectivity index is 0.000000262. The van der Waals surface area contributed by atoms with Crippen LogP contribution in [0, 0.1) is 11.8 Å². The second-order valence-corrected chi connectivity index (χ2v) is 23.1. The minimum Gasteiger partial charge on any atom is -0.463 e. The Bertz CT molecular complexity index is 2380. The molecule has 22 nitrogen and oxygen atoms in total. The van der Waals surface area contributed by atoms with Crippen LogP contribution in [0.25, 0.3) is 0 Å². The molecule has 0 radical (unpaired) electrons. The van der Waals surface area contributed by atoms with Gasteiger partial charge >= 0.3 is 26.3 Å². The molecule has 4 heterocycles. The summed E-state index contributed by atoms with van der Waals surface area (Å²) < 4.78 is 63.8. The second-order valence-electron chi connectivity index (χ2n) is 17.8. The maximum atomic E-state index is 13.7. The van der Waals surface area contributed by atoms with E-state index in [0.717, 1.165) is 0 Å². The molecule has 0 aromatic heterocycles. The Labute approximate surface area is 428 Å². The fraction of sp³-hybridized carbons (Fsp3) is 0.500. The quantitative estimate of drug-likeness (QED) is 0.0728. The number of allylic oxidation sites excluding steroid dienone is 2. The maximum Gasteiger partial charge on any atom is 0.380 e. The van der Waals surface area contributed by atoms with Crippen molar-refractivity contribution in [2.45, 2.75) is 116 Å². The molecule has 404 valence electrons. The van der Waals surface area contributed by atoms with E-state index in [1.165, 1.54) is 22.2 Å². The topological polar surface area (TPSA) is 327 Å². The molecule has 12 atom stereocenters. The Morgan fingerprint density at radius 1 is 0.658 bits per heavy atom. The lowest BCUT2D eigenvalue weighted by molar-refractivity contribution is -0.152. The van der Waals surface area contributed by atoms with E-state index < -0.39 is 112 Å². The zero-order valence-electron chi connectivity index (χ0n) is 41.3. The van der Waals surface area contributed by atoms with Crippen LogP contribution in [0.3, 0.4) is 0 Å². The van der Waals surface area contributed by atoms with Gasteiger partial charge in [-0.1, -0.05) is 62.4 Å². The number of nitrogens with zero attached hydrogens (tertiary/aromatic N) is 2. The van der Waals surface area contributed by atoms with Gasteiger partial charge in [0.05, 0.1) is 49.6 Å². The third kappa shape index (κ3) is 18.7. The molecule has 0 bridgehead atoms. The number of hydrogen-bond acceptors (Lipinski definition) is 20. The fourth-order valence-corrected chi connectivity index (χ4v) is 11.2. The first kappa shape index (κ1) is 60.5. The summed E-state index contributed by atoms with van der Waals surface area (Å²) in [4.78, 5) is 49.5. The molecule has 0 aliphatic carbocycles. The molecular formula is C48H67ClN4O18P2. The minimum atomic E-state index is -3.94. The van der Waals surface area contributed by atoms with Crippen molar-refractivity contribution in [3.63, 3.8) is 0 Å². The van der Waals surface area contributed by atoms with Crippen LogP contribution in [0.15, 0.2) is 109 Å². The zero-order valence-corrected chi connectivity index (χ0v) is 43.8. The predicted molar refractivity (Wildman–Crippen MR) is 266 cm³/mol. The number of carbonyl (C=O) groups excluding carboxylic acids is 4. The second kappa shape index (κ2) is 28.0. The Hall–Kier alpha value is -5.09. The molecule has 2 fully saturated rings. The molecule has 73 heavy (non-hydrogen) atoms. The summed E-state index contributed by atoms with van der Waals surface area (Å²) in [6.07, 6.45) is 0.512. The number of carbonyl (C=O) groups is 4. The Morgan fingerprint density at radius 3 is 1.48 bits per heavy atom. The predicted octanol–water partition coefficient (Wildman–Crippen LogP) is 4.00. The zero-order chi connectivity index (χ0) is 54.2. The van der Waals surface area contributed by atoms with Gasteiger partial charge in [0.15, 0.2) is 12.5 Å². The van der Waals surface area contributed by atoms with E-state index in [0.29, 0.717) is 29.7 Å². The molecule has 2 aromatic rings. The van der Waals surface area contributed by atoms with Gasteiger partial charge in [-0.2, -0.15) is 0 Å². The fourth-order valence-electron chi connectivity index (χ4n) is 7.17. The van der Waals surface area contributed by atoms with Gasteiger partial charge in [0, 0.05) is 35.9 Å². The standard InChI is InChI=1S/C24H33N2O9P.C13H18ClO4P.C11H16N2O5/c1-15(2)33-24(30)16(3)14-36(31,35-18-9-5-4-6-10-18)32-13-19-20(27)21(28)23(34-19)26-11-7-8-17(12-26)22(25)29;1-10(2)17-13(15)11(3)9-19(14,16)18-12-7-5-4-6-8-12;12-10(17)6-2-1-3-13(4-6)11-9(16)8(15)7(5-14)18-11/h4-7,9-12,15-16,19-21,23,27-28H,8,13-14H2,1-3H3,(H2,25,29);4-8,10-11H,9H2,1-3H3;1,3-4,7-9,11,14-16H,2,5H2,(H2,12,17)/t16-,19-,20-,21-,23-,36?;11-,19?;7-,8-,9-,11-/m111/s1. The lowest BCUT2D eigenvalue weighted by Gasteiger charge is -2.28. The molecule has 2 amide bonds. The number of aliphatic hydroxyl groups is 5. The largest absolute Gasteiger partial charge is 0.463 e. The monoisotopic (exact) mass is 1080 g/mol. The van der Waals surface area contributed by atoms with Crippen molar-refractivity contribution in [1.82, 2.24) is 9.80 Å². The molecule has 4 aliphatic rings. The van der Waals surface area contributed by atoms with Crippen LogP contribution in [-0.2, 0) is 51.8 Å². The van der Waals surface area contributed by atoms with E-state index in [1.54, 1.807) is 121 Å². The van der Waals surface area contributed by atoms with E-state index in [9.17, 15) is 48.7 Å². The lowest BCUT2D eigenvalue weighted by Crippen LogP contribution is -2.40. The number of ether oxygens (including phenoxy) is 4. The van der Waals surface area contributed by atoms with Gasteiger partial charge in [0.1, 0.15) is 48.1 Å². The highest BCUT2D eigenvalue weighted by Gasteiger charge is 2.47. The van der Waals surface area contributed by atoms with E-state index in [4.69, 9.17) is 60.3 Å². The highest BCUT2D eigenvalue weighted by atomic mass is 35.7. The van der Waals surface area contributed by atoms with Crippen molar-refractivity contribution in [2.75, 3.05) is 25.5 Å². The highest BCUT2D eigenvalue weighted by Crippen LogP contribution is 2.54. The highest BCUT2D eigenvalue weighted by molar-refractivity contribution is 7.85. The van der Waals surface area contributed by atoms with Crippen LogP contribution in [-0.4, -0.2) is 146 Å². The molecule has 4 aliphatic heterocycles. The molecule has 9 N–H and O–H groups in total. The van der Waals surface area contributed by atoms with Crippen LogP contribution >= 0.6 is 25.6 Å². The summed E-state index contributed by atoms with van der Waals surface area (Å²) in [7, 11) is -3.94. The van der Waals surface area contributed by atoms with Crippen molar-refractivity contribution in [3.8, 4) is 11.5 Å². The Kier molecular flexibility index (Phi) is 23.2. The van der Waals surface area contributed by atoms with E-state index in [1.807, 2.05) is 6.07 Å². The summed E-state index contributed by atoms with van der Waals surface area (Å²) in [6.45, 7) is 5.92. The van der Waals surface area contributed by atoms with Crippen molar-refractivity contribution in [1.29, 1.82) is 0 Å². The summed E-state index contributed by atoms with van der Waals surface area (Å²) >= 11 is 5.87. The molecule has 6 rings (SSSR count). The average molecular weight is 1090 g/mol. The number of rotatable bonds is 20. The van der Waals surface area contributed by atoms with Gasteiger partial charge in [-0.05, 0) is 76.0 Å². The molecular weight excluding hydrogens is 1020 g/mol. The van der Waals surface area contributed by atoms with Gasteiger partial charge in [0.2, 0.25) is 11.8 Å². The number of aliphatic hydroxyl groups excluding tert-OH is 5. The van der Waals surface area contributed by atoms with Gasteiger partial charge < -0.3 is 74.8 Å². The molecule has 0 saturated carbocycles. The maximum absolute atomic E-state index is 13.7. The van der Waals surface area contributed by atoms with E-state index in [2.05, 4.69) is 0 Å². The summed E-state index contributed by atoms with van der Waals surface area (Å²) in [5.74, 6) is -2.80. The van der Waals surface area contributed by atoms with Crippen molar-refractivity contribution in [2.24, 2.45) is 23.3 Å². The average Bonchev–Trinajstić information content (AvgIpc) is 3.79. The first-order chi connectivity index (χ1) is 34.3. The number of amides is 2. The number of nitrogens with two attached hydrogens (primary N) is 2. The van der Waals surface area contributed by atoms with Gasteiger partial charge in [-0.25, -0.2) is 4.57 Å². The SMILES string of the molecule is CC(C)OC(=O)[C@H](C)CP(=O)(Cl)Oc1ccccc1.CC(C)OC(=O)[C@H](C)CP(=O)(OC[C@H]1O[C@@H](N2C=CCC(C(N)=O)=C2)[C@H](O)[C@@H]1O)Oc1ccccc1.NC(=O)C1=CN([C@@H]2O[C@H](CO)[C@@H](O)[C@H]2O)C=CC1. The van der Waals surface area contributed by atoms with Crippen molar-refractivity contribution < 1.29 is 86.4 Å². The lowest BCUT2D eigenvalue weighted by atomic mass is 10.1. The number of esters is 2. The van der Waals surface area contributed by atoms with Crippen LogP contribution < -0.4 is 20.5 Å². The number of primary amides is 2. The number of halogens is 1. The summed E-state index contributed by atoms with van der Waals surface area (Å²) in [6, 6.07) is 17.0. The molecule has 0 spiro atoms. The van der Waals surface area contributed by atoms with Crippen LogP contribution in [0.4, 0.5) is 0 Å². The normalized spacial score (nSPS) is 25.8. The van der Waals surface area contributed by atoms with Gasteiger partial charge in [-0.3, -0.25) is 28.3 Å². The molecule has 2 aromatic carbocycles. The Morgan fingerprint density at radius 2 is 1.07 bits per heavy atom. The van der Waals surface area contributed by atoms with Crippen molar-refractivity contribution >= 4 is 49.3 Å². The summed E-state index contributed by atoms with van der Waals surface area (Å²) in [5, 5.41) is 49.6. The van der Waals surface area contributed by atoms with E-state index in [-0.39, 0.29) is 30.3 Å². The van der Waals surface area contributed by atoms with Crippen LogP contribution in [0.5, 0.6) is 11.5 Å². The third-order valence-electron chi connectivity index (χ3n) is 10.8. The van der Waals surface area contributed by atoms with Gasteiger partial charge in [0.25, 0.3) is 0 Å². The van der Waals surface area contributed by atoms with Crippen LogP contribution in [0.1, 0.15) is 54.4 Å². The third-order valence-corrected chi connectivity index (χ3v) is 14.9. The molecule has 2 saturated heterocycles. The minimum absolute atomic E-state index is 0.0605. The number of para-hydroxylation sites is 2. The smallest absolute Gasteiger partial charge is 0.380 e. The van der Waals surface area contributed by atoms with Gasteiger partial charge in [-0.15, -0.1) is 0 Å². The van der Waals surface area contributed by atoms with Crippen LogP contribution in [0.2, 0.25) is 0 Å². The number of hydrogen-bond donors (Lipinski definition) is 7. The van der Waals surface area contributed by atoms with Crippen molar-refractivity contribution in [3.05, 3.63) is 109 Å². The number of benzene rings is 2. The first-order valence-corrected chi connectivity index (χ1v) is 27.7. The molecule has 2 unspecified atom stereocenters. The molecule has 25 heteroatoms. The summed E-state index contributed by atoms with van der Waals surface area (Å²) in [5.41, 5.74) is 11.2. The first-order valence-electron chi connectivity index (χ1n) is 23.3.